The quantitative estimate of drug-likeness (QED) is 0.807. The highest BCUT2D eigenvalue weighted by Crippen LogP contribution is 2.24. The third kappa shape index (κ3) is 5.02. The van der Waals surface area contributed by atoms with Gasteiger partial charge in [-0.1, -0.05) is 0 Å². The summed E-state index contributed by atoms with van der Waals surface area (Å²) in [6.07, 6.45) is 2.99. The average Bonchev–Trinajstić information content (AvgIpc) is 3.05. The number of ether oxygens (including phenoxy) is 1. The van der Waals surface area contributed by atoms with E-state index in [1.165, 1.54) is 17.1 Å². The molecule has 1 fully saturated rings. The molecule has 1 aromatic carbocycles. The normalized spacial score (nSPS) is 14.5. The standard InChI is InChI=1S/C16H25N3O4S/c1-3-23-16(20)17-10-13-19(24(2,21)22)15-8-6-14(7-9-15)18-11-4-5-12-18/h6-9H,3-5,10-13H2,1-2H3,(H,17,20). The highest BCUT2D eigenvalue weighted by molar-refractivity contribution is 7.92. The molecule has 0 spiro atoms. The van der Waals surface area contributed by atoms with Crippen molar-refractivity contribution in [2.24, 2.45) is 0 Å². The number of anilines is 2. The van der Waals surface area contributed by atoms with Gasteiger partial charge in [0.05, 0.1) is 25.1 Å². The largest absolute Gasteiger partial charge is 0.450 e. The number of nitrogens with zero attached hydrogens (tertiary/aromatic N) is 2. The Bertz CT molecular complexity index is 640. The first-order chi connectivity index (χ1) is 11.4. The van der Waals surface area contributed by atoms with Crippen molar-refractivity contribution in [3.8, 4) is 0 Å². The van der Waals surface area contributed by atoms with Crippen molar-refractivity contribution in [3.63, 3.8) is 0 Å². The number of carbonyl (C=O) groups excluding carboxylic acids is 1. The van der Waals surface area contributed by atoms with Gasteiger partial charge in [-0.3, -0.25) is 4.31 Å². The van der Waals surface area contributed by atoms with Crippen molar-refractivity contribution in [2.75, 3.05) is 48.2 Å². The number of amides is 1. The second-order valence-electron chi connectivity index (χ2n) is 5.69. The molecule has 1 amide bonds. The Morgan fingerprint density at radius 2 is 1.88 bits per heavy atom. The molecule has 0 unspecified atom stereocenters. The van der Waals surface area contributed by atoms with E-state index in [4.69, 9.17) is 4.74 Å². The topological polar surface area (TPSA) is 79.0 Å². The summed E-state index contributed by atoms with van der Waals surface area (Å²) in [6.45, 7) is 4.40. The lowest BCUT2D eigenvalue weighted by Gasteiger charge is -2.24. The van der Waals surface area contributed by atoms with Crippen LogP contribution < -0.4 is 14.5 Å². The zero-order valence-electron chi connectivity index (χ0n) is 14.2. The molecule has 8 heteroatoms. The SMILES string of the molecule is CCOC(=O)NCCN(c1ccc(N2CCCC2)cc1)S(C)(=O)=O. The second kappa shape index (κ2) is 8.23. The van der Waals surface area contributed by atoms with Crippen LogP contribution in [0.1, 0.15) is 19.8 Å². The van der Waals surface area contributed by atoms with Gasteiger partial charge in [0, 0.05) is 25.3 Å². The number of hydrogen-bond donors (Lipinski definition) is 1. The lowest BCUT2D eigenvalue weighted by atomic mass is 10.2. The van der Waals surface area contributed by atoms with E-state index in [-0.39, 0.29) is 19.7 Å². The van der Waals surface area contributed by atoms with Crippen LogP contribution in [0.5, 0.6) is 0 Å². The Balaban J connectivity index is 2.03. The molecule has 1 heterocycles. The van der Waals surface area contributed by atoms with Crippen molar-refractivity contribution in [1.29, 1.82) is 0 Å². The van der Waals surface area contributed by atoms with Crippen molar-refractivity contribution in [1.82, 2.24) is 5.32 Å². The van der Waals surface area contributed by atoms with Gasteiger partial charge in [0.25, 0.3) is 0 Å². The highest BCUT2D eigenvalue weighted by atomic mass is 32.2. The number of rotatable bonds is 7. The monoisotopic (exact) mass is 355 g/mol. The molecule has 0 bridgehead atoms. The lowest BCUT2D eigenvalue weighted by Crippen LogP contribution is -2.38. The Morgan fingerprint density at radius 3 is 2.42 bits per heavy atom. The Morgan fingerprint density at radius 1 is 1.25 bits per heavy atom. The van der Waals surface area contributed by atoms with E-state index in [9.17, 15) is 13.2 Å². The van der Waals surface area contributed by atoms with E-state index in [0.717, 1.165) is 25.0 Å². The minimum absolute atomic E-state index is 0.153. The van der Waals surface area contributed by atoms with Crippen molar-refractivity contribution < 1.29 is 17.9 Å². The van der Waals surface area contributed by atoms with Crippen LogP contribution in [-0.2, 0) is 14.8 Å². The summed E-state index contributed by atoms with van der Waals surface area (Å²) in [5.41, 5.74) is 1.69. The maximum atomic E-state index is 12.0. The van der Waals surface area contributed by atoms with E-state index in [1.54, 1.807) is 19.1 Å². The lowest BCUT2D eigenvalue weighted by molar-refractivity contribution is 0.152. The minimum atomic E-state index is -3.43. The fraction of sp³-hybridized carbons (Fsp3) is 0.562. The van der Waals surface area contributed by atoms with Crippen molar-refractivity contribution >= 4 is 27.5 Å². The molecule has 7 nitrogen and oxygen atoms in total. The van der Waals surface area contributed by atoms with Crippen LogP contribution in [-0.4, -0.2) is 53.6 Å². The van der Waals surface area contributed by atoms with Gasteiger partial charge in [-0.2, -0.15) is 0 Å². The third-order valence-corrected chi connectivity index (χ3v) is 5.06. The van der Waals surface area contributed by atoms with Gasteiger partial charge >= 0.3 is 6.09 Å². The first kappa shape index (κ1) is 18.4. The van der Waals surface area contributed by atoms with Crippen molar-refractivity contribution in [2.45, 2.75) is 19.8 Å². The molecule has 0 aliphatic carbocycles. The van der Waals surface area contributed by atoms with E-state index in [2.05, 4.69) is 10.2 Å². The fourth-order valence-electron chi connectivity index (χ4n) is 2.73. The van der Waals surface area contributed by atoms with Gasteiger partial charge in [-0.05, 0) is 44.0 Å². The maximum Gasteiger partial charge on any atom is 0.407 e. The van der Waals surface area contributed by atoms with Crippen LogP contribution in [0.15, 0.2) is 24.3 Å². The molecule has 0 aromatic heterocycles. The van der Waals surface area contributed by atoms with Crippen LogP contribution in [0.2, 0.25) is 0 Å². The molecule has 1 aromatic rings. The van der Waals surface area contributed by atoms with Gasteiger partial charge in [-0.25, -0.2) is 13.2 Å². The van der Waals surface area contributed by atoms with Crippen molar-refractivity contribution in [3.05, 3.63) is 24.3 Å². The summed E-state index contributed by atoms with van der Waals surface area (Å²) in [7, 11) is -3.43. The molecule has 0 atom stereocenters. The van der Waals surface area contributed by atoms with Gasteiger partial charge in [0.1, 0.15) is 0 Å². The number of sulfonamides is 1. The molecule has 1 N–H and O–H groups in total. The molecule has 134 valence electrons. The Kier molecular flexibility index (Phi) is 6.30. The molecule has 1 aliphatic rings. The number of carbonyl (C=O) groups is 1. The number of alkyl carbamates (subject to hydrolysis) is 1. The van der Waals surface area contributed by atoms with E-state index >= 15 is 0 Å². The molecule has 1 aliphatic heterocycles. The van der Waals surface area contributed by atoms with Gasteiger partial charge in [0.15, 0.2) is 0 Å². The molecule has 0 saturated carbocycles. The minimum Gasteiger partial charge on any atom is -0.450 e. The van der Waals surface area contributed by atoms with Gasteiger partial charge in [0.2, 0.25) is 10.0 Å². The highest BCUT2D eigenvalue weighted by Gasteiger charge is 2.18. The molecular formula is C16H25N3O4S. The molecule has 0 radical (unpaired) electrons. The number of hydrogen-bond acceptors (Lipinski definition) is 5. The summed E-state index contributed by atoms with van der Waals surface area (Å²) >= 11 is 0. The second-order valence-corrected chi connectivity index (χ2v) is 7.60. The maximum absolute atomic E-state index is 12.0. The predicted molar refractivity (Wildman–Crippen MR) is 95.1 cm³/mol. The summed E-state index contributed by atoms with van der Waals surface area (Å²) in [5.74, 6) is 0. The fourth-order valence-corrected chi connectivity index (χ4v) is 3.66. The van der Waals surface area contributed by atoms with Crippen LogP contribution in [0.25, 0.3) is 0 Å². The van der Waals surface area contributed by atoms with E-state index < -0.39 is 16.1 Å². The summed E-state index contributed by atoms with van der Waals surface area (Å²) in [4.78, 5) is 13.6. The first-order valence-corrected chi connectivity index (χ1v) is 10.00. The average molecular weight is 355 g/mol. The predicted octanol–water partition coefficient (Wildman–Crippen LogP) is 1.80. The van der Waals surface area contributed by atoms with Crippen LogP contribution in [0.4, 0.5) is 16.2 Å². The number of nitrogens with one attached hydrogen (secondary N) is 1. The van der Waals surface area contributed by atoms with Crippen LogP contribution >= 0.6 is 0 Å². The van der Waals surface area contributed by atoms with Gasteiger partial charge < -0.3 is 15.0 Å². The van der Waals surface area contributed by atoms with Crippen LogP contribution in [0.3, 0.4) is 0 Å². The Labute approximate surface area is 143 Å². The third-order valence-electron chi connectivity index (χ3n) is 3.87. The molecule has 2 rings (SSSR count). The van der Waals surface area contributed by atoms with Crippen LogP contribution in [0, 0.1) is 0 Å². The van der Waals surface area contributed by atoms with E-state index in [0.29, 0.717) is 5.69 Å². The first-order valence-electron chi connectivity index (χ1n) is 8.15. The number of benzene rings is 1. The zero-order valence-corrected chi connectivity index (χ0v) is 15.0. The molecule has 1 saturated heterocycles. The smallest absolute Gasteiger partial charge is 0.407 e. The summed E-state index contributed by atoms with van der Waals surface area (Å²) < 4.78 is 30.1. The molecular weight excluding hydrogens is 330 g/mol. The Hall–Kier alpha value is -1.96. The van der Waals surface area contributed by atoms with E-state index in [1.807, 2.05) is 12.1 Å². The molecule has 24 heavy (non-hydrogen) atoms. The zero-order chi connectivity index (χ0) is 17.6. The summed E-state index contributed by atoms with van der Waals surface area (Å²) in [6, 6.07) is 7.49. The van der Waals surface area contributed by atoms with Gasteiger partial charge in [-0.15, -0.1) is 0 Å². The summed E-state index contributed by atoms with van der Waals surface area (Å²) in [5, 5.41) is 2.54.